The molecule has 0 aliphatic carbocycles. The quantitative estimate of drug-likeness (QED) is 0.487. The molecular weight excluding hydrogens is 224 g/mol. The number of carbonyl (C=O) groups is 1. The Labute approximate surface area is 113 Å². The van der Waals surface area contributed by atoms with Crippen molar-refractivity contribution in [1.29, 1.82) is 0 Å². The van der Waals surface area contributed by atoms with Gasteiger partial charge in [0.15, 0.2) is 5.78 Å². The first-order valence-corrected chi connectivity index (χ1v) is 7.93. The van der Waals surface area contributed by atoms with E-state index in [1.54, 1.807) is 0 Å². The van der Waals surface area contributed by atoms with Crippen molar-refractivity contribution in [2.24, 2.45) is 0 Å². The number of Topliss-reactive ketones (excluding diaryl/α,β-unsaturated/α-hetero) is 1. The van der Waals surface area contributed by atoms with Crippen molar-refractivity contribution in [3.63, 3.8) is 0 Å². The molecule has 2 nitrogen and oxygen atoms in total. The molecule has 0 bridgehead atoms. The lowest BCUT2D eigenvalue weighted by molar-refractivity contribution is -0.127. The van der Waals surface area contributed by atoms with Crippen LogP contribution in [0, 0.1) is 0 Å². The average molecular weight is 256 g/mol. The number of hydrogen-bond acceptors (Lipinski definition) is 2. The second-order valence-electron chi connectivity index (χ2n) is 5.35. The number of aliphatic hydroxyl groups is 1. The van der Waals surface area contributed by atoms with E-state index in [9.17, 15) is 9.90 Å². The van der Waals surface area contributed by atoms with Crippen LogP contribution in [-0.4, -0.2) is 17.0 Å². The van der Waals surface area contributed by atoms with Gasteiger partial charge in [-0.15, -0.1) is 0 Å². The molecule has 0 spiro atoms. The fourth-order valence-electron chi connectivity index (χ4n) is 2.17. The van der Waals surface area contributed by atoms with Gasteiger partial charge in [-0.3, -0.25) is 4.79 Å². The van der Waals surface area contributed by atoms with Crippen LogP contribution in [0.3, 0.4) is 0 Å². The van der Waals surface area contributed by atoms with E-state index in [4.69, 9.17) is 0 Å². The Morgan fingerprint density at radius 1 is 0.833 bits per heavy atom. The summed E-state index contributed by atoms with van der Waals surface area (Å²) >= 11 is 0. The number of hydrogen-bond donors (Lipinski definition) is 1. The Bertz CT molecular complexity index is 190. The van der Waals surface area contributed by atoms with Crippen LogP contribution in [0.15, 0.2) is 0 Å². The van der Waals surface area contributed by atoms with Crippen LogP contribution < -0.4 is 0 Å². The number of aliphatic hydroxyl groups excluding tert-OH is 1. The van der Waals surface area contributed by atoms with Gasteiger partial charge < -0.3 is 5.11 Å². The van der Waals surface area contributed by atoms with Crippen molar-refractivity contribution in [2.75, 3.05) is 0 Å². The lowest BCUT2D eigenvalue weighted by Gasteiger charge is -2.09. The molecule has 18 heavy (non-hydrogen) atoms. The average Bonchev–Trinajstić information content (AvgIpc) is 2.37. The van der Waals surface area contributed by atoms with Gasteiger partial charge in [-0.2, -0.15) is 0 Å². The molecule has 0 aliphatic heterocycles. The van der Waals surface area contributed by atoms with E-state index in [0.717, 1.165) is 25.7 Å². The Morgan fingerprint density at radius 3 is 1.89 bits per heavy atom. The van der Waals surface area contributed by atoms with Crippen LogP contribution in [-0.2, 0) is 4.79 Å². The van der Waals surface area contributed by atoms with E-state index >= 15 is 0 Å². The van der Waals surface area contributed by atoms with Gasteiger partial charge in [-0.05, 0) is 12.8 Å². The lowest BCUT2D eigenvalue weighted by atomic mass is 10.0. The normalized spacial score (nSPS) is 12.6. The lowest BCUT2D eigenvalue weighted by Crippen LogP contribution is -2.19. The van der Waals surface area contributed by atoms with Crippen molar-refractivity contribution in [3.05, 3.63) is 0 Å². The molecule has 0 amide bonds. The van der Waals surface area contributed by atoms with Crippen molar-refractivity contribution in [1.82, 2.24) is 0 Å². The first kappa shape index (κ1) is 17.6. The summed E-state index contributed by atoms with van der Waals surface area (Å²) in [4.78, 5) is 11.6. The summed E-state index contributed by atoms with van der Waals surface area (Å²) in [5.74, 6) is 0.0574. The largest absolute Gasteiger partial charge is 0.385 e. The Balaban J connectivity index is 3.39. The van der Waals surface area contributed by atoms with Gasteiger partial charge in [0.25, 0.3) is 0 Å². The highest BCUT2D eigenvalue weighted by atomic mass is 16.3. The summed E-state index contributed by atoms with van der Waals surface area (Å²) in [7, 11) is 0. The molecule has 0 saturated heterocycles. The summed E-state index contributed by atoms with van der Waals surface area (Å²) in [6, 6.07) is 0. The second kappa shape index (κ2) is 13.1. The predicted octanol–water partition coefficient (Wildman–Crippen LogP) is 4.64. The molecule has 1 atom stereocenters. The molecular formula is C16H32O2. The third kappa shape index (κ3) is 10.8. The Kier molecular flexibility index (Phi) is 12.8. The molecule has 0 aromatic rings. The van der Waals surface area contributed by atoms with Gasteiger partial charge in [-0.25, -0.2) is 0 Å². The predicted molar refractivity (Wildman–Crippen MR) is 77.8 cm³/mol. The fraction of sp³-hybridized carbons (Fsp3) is 0.938. The molecule has 1 unspecified atom stereocenters. The number of rotatable bonds is 13. The van der Waals surface area contributed by atoms with Gasteiger partial charge in [0.2, 0.25) is 0 Å². The summed E-state index contributed by atoms with van der Waals surface area (Å²) in [5, 5.41) is 9.73. The molecule has 2 heteroatoms. The van der Waals surface area contributed by atoms with Gasteiger partial charge in [0, 0.05) is 6.42 Å². The van der Waals surface area contributed by atoms with Gasteiger partial charge >= 0.3 is 0 Å². The molecule has 0 radical (unpaired) electrons. The minimum atomic E-state index is -0.696. The maximum Gasteiger partial charge on any atom is 0.161 e. The van der Waals surface area contributed by atoms with Crippen LogP contribution in [0.2, 0.25) is 0 Å². The van der Waals surface area contributed by atoms with Crippen molar-refractivity contribution >= 4 is 5.78 Å². The smallest absolute Gasteiger partial charge is 0.161 e. The first-order chi connectivity index (χ1) is 8.72. The molecule has 0 saturated carbocycles. The molecule has 0 rings (SSSR count). The summed E-state index contributed by atoms with van der Waals surface area (Å²) in [6.07, 6.45) is 12.2. The molecule has 0 aromatic heterocycles. The number of unbranched alkanes of at least 4 members (excludes halogenated alkanes) is 8. The fourth-order valence-corrected chi connectivity index (χ4v) is 2.17. The van der Waals surface area contributed by atoms with Crippen LogP contribution in [0.4, 0.5) is 0 Å². The first-order valence-electron chi connectivity index (χ1n) is 7.93. The summed E-state index contributed by atoms with van der Waals surface area (Å²) < 4.78 is 0. The van der Waals surface area contributed by atoms with E-state index in [0.29, 0.717) is 12.8 Å². The highest BCUT2D eigenvalue weighted by Crippen LogP contribution is 2.11. The molecule has 108 valence electrons. The van der Waals surface area contributed by atoms with Crippen LogP contribution in [0.1, 0.15) is 90.9 Å². The topological polar surface area (TPSA) is 37.3 Å². The van der Waals surface area contributed by atoms with E-state index in [1.807, 2.05) is 0 Å². The highest BCUT2D eigenvalue weighted by molar-refractivity contribution is 5.82. The molecule has 0 aliphatic rings. The van der Waals surface area contributed by atoms with Crippen molar-refractivity contribution in [3.8, 4) is 0 Å². The SMILES string of the molecule is CCCCCCCC(=O)C(O)CCCCCCC. The van der Waals surface area contributed by atoms with Gasteiger partial charge in [0.1, 0.15) is 6.10 Å². The van der Waals surface area contributed by atoms with Crippen LogP contribution in [0.5, 0.6) is 0 Å². The summed E-state index contributed by atoms with van der Waals surface area (Å²) in [5.41, 5.74) is 0. The van der Waals surface area contributed by atoms with Gasteiger partial charge in [-0.1, -0.05) is 71.6 Å². The standard InChI is InChI=1S/C16H32O2/c1-3-5-7-9-11-13-15(17)16(18)14-12-10-8-6-4-2/h15,17H,3-14H2,1-2H3. The van der Waals surface area contributed by atoms with E-state index in [1.165, 1.54) is 38.5 Å². The van der Waals surface area contributed by atoms with Gasteiger partial charge in [0.05, 0.1) is 0 Å². The minimum absolute atomic E-state index is 0.0574. The molecule has 1 N–H and O–H groups in total. The van der Waals surface area contributed by atoms with Crippen molar-refractivity contribution < 1.29 is 9.90 Å². The minimum Gasteiger partial charge on any atom is -0.385 e. The highest BCUT2D eigenvalue weighted by Gasteiger charge is 2.13. The van der Waals surface area contributed by atoms with Crippen LogP contribution >= 0.6 is 0 Å². The van der Waals surface area contributed by atoms with E-state index in [-0.39, 0.29) is 5.78 Å². The van der Waals surface area contributed by atoms with E-state index in [2.05, 4.69) is 13.8 Å². The second-order valence-corrected chi connectivity index (χ2v) is 5.35. The summed E-state index contributed by atoms with van der Waals surface area (Å²) in [6.45, 7) is 4.38. The number of carbonyl (C=O) groups excluding carboxylic acids is 1. The maximum atomic E-state index is 11.6. The van der Waals surface area contributed by atoms with Crippen LogP contribution in [0.25, 0.3) is 0 Å². The zero-order chi connectivity index (χ0) is 13.6. The Hall–Kier alpha value is -0.370. The third-order valence-corrected chi connectivity index (χ3v) is 3.48. The third-order valence-electron chi connectivity index (χ3n) is 3.48. The number of ketones is 1. The van der Waals surface area contributed by atoms with Crippen molar-refractivity contribution in [2.45, 2.75) is 97.0 Å². The monoisotopic (exact) mass is 256 g/mol. The maximum absolute atomic E-state index is 11.6. The molecule has 0 heterocycles. The zero-order valence-corrected chi connectivity index (χ0v) is 12.4. The molecule has 0 fully saturated rings. The Morgan fingerprint density at radius 2 is 1.33 bits per heavy atom. The zero-order valence-electron chi connectivity index (χ0n) is 12.4. The van der Waals surface area contributed by atoms with E-state index < -0.39 is 6.10 Å². The molecule has 0 aromatic carbocycles.